The number of fused-ring (bicyclic) bond motifs is 1. The fourth-order valence-corrected chi connectivity index (χ4v) is 1.86. The first-order chi connectivity index (χ1) is 7.83. The van der Waals surface area contributed by atoms with Crippen LogP contribution < -0.4 is 5.73 Å². The Balaban J connectivity index is 2.52. The van der Waals surface area contributed by atoms with Crippen LogP contribution in [0.1, 0.15) is 18.9 Å². The molecule has 1 aromatic carbocycles. The van der Waals surface area contributed by atoms with Gasteiger partial charge in [-0.25, -0.2) is 0 Å². The summed E-state index contributed by atoms with van der Waals surface area (Å²) >= 11 is 0. The maximum Gasteiger partial charge on any atom is 0.0708 e. The minimum Gasteiger partial charge on any atom is -0.330 e. The van der Waals surface area contributed by atoms with Crippen molar-refractivity contribution in [2.75, 3.05) is 6.54 Å². The Morgan fingerprint density at radius 2 is 2.19 bits per heavy atom. The molecule has 2 rings (SSSR count). The predicted octanol–water partition coefficient (Wildman–Crippen LogP) is 2.99. The molecule has 2 N–H and O–H groups in total. The molecule has 0 spiro atoms. The van der Waals surface area contributed by atoms with Crippen LogP contribution in [0.25, 0.3) is 16.5 Å². The molecule has 0 aliphatic carbocycles. The van der Waals surface area contributed by atoms with Crippen LogP contribution >= 0.6 is 0 Å². The standard InChI is InChI=1S/C14H16N2/c1-11(5-3-9-15)12-6-2-8-14-13(12)7-4-10-16-14/h2,4-8,10H,3,9,15H2,1H3/b11-5-. The highest BCUT2D eigenvalue weighted by atomic mass is 14.6. The van der Waals surface area contributed by atoms with Crippen molar-refractivity contribution in [3.8, 4) is 0 Å². The van der Waals surface area contributed by atoms with E-state index in [0.29, 0.717) is 6.54 Å². The largest absolute Gasteiger partial charge is 0.330 e. The number of aromatic nitrogens is 1. The van der Waals surface area contributed by atoms with E-state index in [4.69, 9.17) is 5.73 Å². The first-order valence-corrected chi connectivity index (χ1v) is 5.54. The average Bonchev–Trinajstić information content (AvgIpc) is 2.35. The molecule has 2 nitrogen and oxygen atoms in total. The van der Waals surface area contributed by atoms with Gasteiger partial charge in [0.1, 0.15) is 0 Å². The molecule has 0 aliphatic rings. The molecule has 0 fully saturated rings. The second kappa shape index (κ2) is 4.90. The zero-order valence-electron chi connectivity index (χ0n) is 9.48. The summed E-state index contributed by atoms with van der Waals surface area (Å²) < 4.78 is 0. The first-order valence-electron chi connectivity index (χ1n) is 5.54. The predicted molar refractivity (Wildman–Crippen MR) is 69.1 cm³/mol. The van der Waals surface area contributed by atoms with Crippen molar-refractivity contribution in [2.24, 2.45) is 5.73 Å². The molecule has 0 amide bonds. The minimum atomic E-state index is 0.695. The van der Waals surface area contributed by atoms with Crippen LogP contribution in [0.15, 0.2) is 42.6 Å². The number of nitrogens with zero attached hydrogens (tertiary/aromatic N) is 1. The zero-order valence-corrected chi connectivity index (χ0v) is 9.48. The molecule has 0 bridgehead atoms. The summed E-state index contributed by atoms with van der Waals surface area (Å²) in [6, 6.07) is 10.3. The Kier molecular flexibility index (Phi) is 3.32. The molecule has 1 aromatic heterocycles. The van der Waals surface area contributed by atoms with E-state index >= 15 is 0 Å². The Labute approximate surface area is 95.8 Å². The van der Waals surface area contributed by atoms with E-state index in [9.17, 15) is 0 Å². The van der Waals surface area contributed by atoms with Gasteiger partial charge in [0.15, 0.2) is 0 Å². The summed E-state index contributed by atoms with van der Waals surface area (Å²) in [5.41, 5.74) is 9.07. The van der Waals surface area contributed by atoms with Crippen LogP contribution in [0.4, 0.5) is 0 Å². The van der Waals surface area contributed by atoms with Gasteiger partial charge in [0.2, 0.25) is 0 Å². The Morgan fingerprint density at radius 3 is 3.00 bits per heavy atom. The van der Waals surface area contributed by atoms with Crippen LogP contribution in [-0.4, -0.2) is 11.5 Å². The number of allylic oxidation sites excluding steroid dienone is 1. The van der Waals surface area contributed by atoms with Crippen molar-refractivity contribution in [3.05, 3.63) is 48.2 Å². The number of benzene rings is 1. The maximum absolute atomic E-state index is 5.51. The van der Waals surface area contributed by atoms with E-state index in [1.54, 1.807) is 0 Å². The lowest BCUT2D eigenvalue weighted by Crippen LogP contribution is -1.96. The lowest BCUT2D eigenvalue weighted by atomic mass is 10.0. The van der Waals surface area contributed by atoms with E-state index in [-0.39, 0.29) is 0 Å². The van der Waals surface area contributed by atoms with E-state index in [1.165, 1.54) is 16.5 Å². The van der Waals surface area contributed by atoms with Crippen LogP contribution in [-0.2, 0) is 0 Å². The van der Waals surface area contributed by atoms with Gasteiger partial charge in [-0.3, -0.25) is 4.98 Å². The molecule has 1 heterocycles. The van der Waals surface area contributed by atoms with Crippen molar-refractivity contribution in [3.63, 3.8) is 0 Å². The summed E-state index contributed by atoms with van der Waals surface area (Å²) in [5, 5.41) is 1.20. The maximum atomic E-state index is 5.51. The van der Waals surface area contributed by atoms with Gasteiger partial charge in [-0.15, -0.1) is 0 Å². The SMILES string of the molecule is C/C(=C/CCN)c1cccc2ncccc12. The van der Waals surface area contributed by atoms with Gasteiger partial charge in [-0.05, 0) is 43.2 Å². The van der Waals surface area contributed by atoms with Gasteiger partial charge in [-0.1, -0.05) is 24.3 Å². The summed E-state index contributed by atoms with van der Waals surface area (Å²) in [7, 11) is 0. The Morgan fingerprint density at radius 1 is 1.31 bits per heavy atom. The quantitative estimate of drug-likeness (QED) is 0.849. The molecule has 0 radical (unpaired) electrons. The van der Waals surface area contributed by atoms with Gasteiger partial charge in [0.05, 0.1) is 5.52 Å². The molecule has 0 aliphatic heterocycles. The zero-order chi connectivity index (χ0) is 11.4. The van der Waals surface area contributed by atoms with Gasteiger partial charge < -0.3 is 5.73 Å². The molecule has 0 unspecified atom stereocenters. The number of nitrogens with two attached hydrogens (primary N) is 1. The van der Waals surface area contributed by atoms with E-state index in [0.717, 1.165) is 11.9 Å². The molecular formula is C14H16N2. The van der Waals surface area contributed by atoms with Crippen molar-refractivity contribution in [1.82, 2.24) is 4.98 Å². The second-order valence-electron chi connectivity index (χ2n) is 3.84. The fourth-order valence-electron chi connectivity index (χ4n) is 1.86. The van der Waals surface area contributed by atoms with Crippen LogP contribution in [0, 0.1) is 0 Å². The topological polar surface area (TPSA) is 38.9 Å². The lowest BCUT2D eigenvalue weighted by Gasteiger charge is -2.06. The molecule has 0 saturated heterocycles. The molecule has 0 atom stereocenters. The second-order valence-corrected chi connectivity index (χ2v) is 3.84. The van der Waals surface area contributed by atoms with Crippen molar-refractivity contribution >= 4 is 16.5 Å². The minimum absolute atomic E-state index is 0.695. The highest BCUT2D eigenvalue weighted by Crippen LogP contribution is 2.23. The van der Waals surface area contributed by atoms with Gasteiger partial charge in [0, 0.05) is 11.6 Å². The highest BCUT2D eigenvalue weighted by Gasteiger charge is 2.01. The number of rotatable bonds is 3. The monoisotopic (exact) mass is 212 g/mol. The third-order valence-electron chi connectivity index (χ3n) is 2.69. The van der Waals surface area contributed by atoms with Crippen molar-refractivity contribution < 1.29 is 0 Å². The molecular weight excluding hydrogens is 196 g/mol. The van der Waals surface area contributed by atoms with Crippen molar-refractivity contribution in [1.29, 1.82) is 0 Å². The lowest BCUT2D eigenvalue weighted by molar-refractivity contribution is 1.01. The number of hydrogen-bond acceptors (Lipinski definition) is 2. The Hall–Kier alpha value is -1.67. The van der Waals surface area contributed by atoms with Gasteiger partial charge >= 0.3 is 0 Å². The third-order valence-corrected chi connectivity index (χ3v) is 2.69. The molecule has 2 heteroatoms. The van der Waals surface area contributed by atoms with Gasteiger partial charge in [0.25, 0.3) is 0 Å². The summed E-state index contributed by atoms with van der Waals surface area (Å²) in [6.45, 7) is 2.82. The van der Waals surface area contributed by atoms with E-state index in [1.807, 2.05) is 24.4 Å². The number of hydrogen-bond donors (Lipinski definition) is 1. The average molecular weight is 212 g/mol. The molecule has 82 valence electrons. The third kappa shape index (κ3) is 2.12. The fraction of sp³-hybridized carbons (Fsp3) is 0.214. The normalized spacial score (nSPS) is 12.0. The van der Waals surface area contributed by atoms with E-state index in [2.05, 4.69) is 30.1 Å². The van der Waals surface area contributed by atoms with Crippen LogP contribution in [0.2, 0.25) is 0 Å². The van der Waals surface area contributed by atoms with Crippen molar-refractivity contribution in [2.45, 2.75) is 13.3 Å². The first kappa shape index (κ1) is 10.8. The Bertz CT molecular complexity index is 510. The summed E-state index contributed by atoms with van der Waals surface area (Å²) in [6.07, 6.45) is 4.93. The number of pyridine rings is 1. The van der Waals surface area contributed by atoms with Crippen LogP contribution in [0.3, 0.4) is 0 Å². The van der Waals surface area contributed by atoms with Gasteiger partial charge in [-0.2, -0.15) is 0 Å². The molecule has 2 aromatic rings. The smallest absolute Gasteiger partial charge is 0.0708 e. The summed E-state index contributed by atoms with van der Waals surface area (Å²) in [4.78, 5) is 4.35. The molecule has 0 saturated carbocycles. The highest BCUT2D eigenvalue weighted by molar-refractivity contribution is 5.91. The van der Waals surface area contributed by atoms with E-state index < -0.39 is 0 Å². The van der Waals surface area contributed by atoms with Crippen LogP contribution in [0.5, 0.6) is 0 Å². The molecule has 16 heavy (non-hydrogen) atoms. The summed E-state index contributed by atoms with van der Waals surface area (Å²) in [5.74, 6) is 0.